The van der Waals surface area contributed by atoms with E-state index >= 15 is 0 Å². The number of aromatic nitrogens is 2. The molecule has 2 aromatic heterocycles. The highest BCUT2D eigenvalue weighted by Gasteiger charge is 2.19. The van der Waals surface area contributed by atoms with Gasteiger partial charge in [-0.25, -0.2) is 0 Å². The van der Waals surface area contributed by atoms with E-state index in [1.54, 1.807) is 0 Å². The van der Waals surface area contributed by atoms with Crippen LogP contribution in [0.5, 0.6) is 0 Å². The Morgan fingerprint density at radius 2 is 1.15 bits per heavy atom. The molecule has 5 aromatic carbocycles. The first-order valence-electron chi connectivity index (χ1n) is 11.4. The van der Waals surface area contributed by atoms with Crippen LogP contribution in [-0.4, -0.2) is 9.13 Å². The zero-order valence-electron chi connectivity index (χ0n) is 18.4. The molecule has 2 nitrogen and oxygen atoms in total. The van der Waals surface area contributed by atoms with Gasteiger partial charge in [-0.2, -0.15) is 0 Å². The van der Waals surface area contributed by atoms with E-state index in [4.69, 9.17) is 0 Å². The maximum absolute atomic E-state index is 2.40. The van der Waals surface area contributed by atoms with E-state index in [-0.39, 0.29) is 0 Å². The Labute approximate surface area is 191 Å². The summed E-state index contributed by atoms with van der Waals surface area (Å²) in [5, 5.41) is 5.19. The van der Waals surface area contributed by atoms with Gasteiger partial charge < -0.3 is 9.13 Å². The molecule has 0 amide bonds. The van der Waals surface area contributed by atoms with Crippen LogP contribution >= 0.6 is 0 Å². The predicted octanol–water partition coefficient (Wildman–Crippen LogP) is 8.10. The molecule has 7 aromatic rings. The van der Waals surface area contributed by atoms with Crippen LogP contribution in [-0.2, 0) is 7.05 Å². The van der Waals surface area contributed by atoms with Crippen molar-refractivity contribution in [2.45, 2.75) is 0 Å². The fraction of sp³-hybridized carbons (Fsp3) is 0.0323. The summed E-state index contributed by atoms with van der Waals surface area (Å²) in [7, 11) is 2.21. The fourth-order valence-corrected chi connectivity index (χ4v) is 5.55. The molecular formula is C31H22N2. The highest BCUT2D eigenvalue weighted by Crippen LogP contribution is 2.42. The van der Waals surface area contributed by atoms with E-state index in [2.05, 4.69) is 131 Å². The van der Waals surface area contributed by atoms with Gasteiger partial charge in [-0.05, 0) is 29.8 Å². The Hall–Kier alpha value is -4.30. The third-order valence-electron chi connectivity index (χ3n) is 6.91. The average molecular weight is 423 g/mol. The Morgan fingerprint density at radius 3 is 1.97 bits per heavy atom. The average Bonchev–Trinajstić information content (AvgIpc) is 3.37. The first-order valence-corrected chi connectivity index (χ1v) is 11.4. The van der Waals surface area contributed by atoms with E-state index in [0.29, 0.717) is 0 Å². The zero-order chi connectivity index (χ0) is 21.9. The monoisotopic (exact) mass is 422 g/mol. The van der Waals surface area contributed by atoms with Crippen LogP contribution in [0.3, 0.4) is 0 Å². The van der Waals surface area contributed by atoms with Crippen LogP contribution in [0.25, 0.3) is 60.4 Å². The molecule has 0 spiro atoms. The molecule has 0 aliphatic carbocycles. The number of aryl methyl sites for hydroxylation is 1. The number of para-hydroxylation sites is 3. The van der Waals surface area contributed by atoms with E-state index < -0.39 is 0 Å². The van der Waals surface area contributed by atoms with Gasteiger partial charge in [0, 0.05) is 39.8 Å². The molecule has 0 saturated carbocycles. The van der Waals surface area contributed by atoms with E-state index in [0.717, 1.165) is 0 Å². The van der Waals surface area contributed by atoms with E-state index in [1.165, 1.54) is 60.4 Å². The quantitative estimate of drug-likeness (QED) is 0.266. The fourth-order valence-electron chi connectivity index (χ4n) is 5.55. The molecule has 7 rings (SSSR count). The lowest BCUT2D eigenvalue weighted by atomic mass is 10.0. The molecule has 33 heavy (non-hydrogen) atoms. The molecule has 2 heterocycles. The number of hydrogen-bond donors (Lipinski definition) is 0. The standard InChI is InChI=1S/C31H22N2/c1-32-30-23(21-11-4-2-5-12-21)16-10-17-24(30)25-19-20-28-29(31(25)32)26-15-8-9-18-27(26)33(28)22-13-6-3-7-14-22/h2-20H,1H3. The minimum atomic E-state index is 1.19. The molecule has 0 unspecified atom stereocenters. The number of hydrogen-bond acceptors (Lipinski definition) is 0. The topological polar surface area (TPSA) is 9.86 Å². The summed E-state index contributed by atoms with van der Waals surface area (Å²) in [4.78, 5) is 0. The Kier molecular flexibility index (Phi) is 3.80. The van der Waals surface area contributed by atoms with Crippen molar-refractivity contribution < 1.29 is 0 Å². The highest BCUT2D eigenvalue weighted by molar-refractivity contribution is 6.26. The second-order valence-electron chi connectivity index (χ2n) is 8.67. The highest BCUT2D eigenvalue weighted by atomic mass is 15.0. The van der Waals surface area contributed by atoms with Crippen LogP contribution in [0.2, 0.25) is 0 Å². The van der Waals surface area contributed by atoms with Gasteiger partial charge in [-0.1, -0.05) is 91.0 Å². The van der Waals surface area contributed by atoms with Crippen molar-refractivity contribution in [2.75, 3.05) is 0 Å². The van der Waals surface area contributed by atoms with Gasteiger partial charge in [-0.15, -0.1) is 0 Å². The van der Waals surface area contributed by atoms with Gasteiger partial charge in [0.1, 0.15) is 0 Å². The Balaban J connectivity index is 1.69. The summed E-state index contributed by atoms with van der Waals surface area (Å²) in [5.74, 6) is 0. The van der Waals surface area contributed by atoms with Crippen molar-refractivity contribution in [3.05, 3.63) is 115 Å². The van der Waals surface area contributed by atoms with Crippen molar-refractivity contribution in [1.82, 2.24) is 9.13 Å². The van der Waals surface area contributed by atoms with Crippen molar-refractivity contribution in [2.24, 2.45) is 7.05 Å². The minimum absolute atomic E-state index is 1.19. The van der Waals surface area contributed by atoms with Crippen LogP contribution in [0, 0.1) is 0 Å². The number of fused-ring (bicyclic) bond motifs is 7. The van der Waals surface area contributed by atoms with Gasteiger partial charge in [-0.3, -0.25) is 0 Å². The van der Waals surface area contributed by atoms with Crippen LogP contribution < -0.4 is 0 Å². The Morgan fingerprint density at radius 1 is 0.485 bits per heavy atom. The van der Waals surface area contributed by atoms with Crippen LogP contribution in [0.1, 0.15) is 0 Å². The molecule has 0 radical (unpaired) electrons. The lowest BCUT2D eigenvalue weighted by Crippen LogP contribution is -1.93. The van der Waals surface area contributed by atoms with Gasteiger partial charge in [0.25, 0.3) is 0 Å². The molecule has 0 aliphatic heterocycles. The lowest BCUT2D eigenvalue weighted by Gasteiger charge is -2.08. The first kappa shape index (κ1) is 18.3. The molecular weight excluding hydrogens is 400 g/mol. The molecule has 156 valence electrons. The van der Waals surface area contributed by atoms with E-state index in [1.807, 2.05) is 0 Å². The molecule has 0 N–H and O–H groups in total. The van der Waals surface area contributed by atoms with Gasteiger partial charge in [0.15, 0.2) is 0 Å². The van der Waals surface area contributed by atoms with Gasteiger partial charge >= 0.3 is 0 Å². The summed E-state index contributed by atoms with van der Waals surface area (Å²) in [5.41, 5.74) is 8.75. The third kappa shape index (κ3) is 2.49. The third-order valence-corrected chi connectivity index (χ3v) is 6.91. The molecule has 0 atom stereocenters. The molecule has 0 fully saturated rings. The van der Waals surface area contributed by atoms with Crippen molar-refractivity contribution in [1.29, 1.82) is 0 Å². The van der Waals surface area contributed by atoms with Crippen molar-refractivity contribution in [3.63, 3.8) is 0 Å². The summed E-state index contributed by atoms with van der Waals surface area (Å²) in [6, 6.07) is 41.4. The SMILES string of the molecule is Cn1c2c(-c3ccccc3)cccc2c2ccc3c(c4ccccc4n3-c3ccccc3)c21. The van der Waals surface area contributed by atoms with Gasteiger partial charge in [0.05, 0.1) is 22.1 Å². The lowest BCUT2D eigenvalue weighted by molar-refractivity contribution is 1.02. The number of rotatable bonds is 2. The van der Waals surface area contributed by atoms with Crippen molar-refractivity contribution >= 4 is 43.6 Å². The van der Waals surface area contributed by atoms with Crippen molar-refractivity contribution in [3.8, 4) is 16.8 Å². The summed E-state index contributed by atoms with van der Waals surface area (Å²) in [6.45, 7) is 0. The molecule has 0 saturated heterocycles. The largest absolute Gasteiger partial charge is 0.343 e. The summed E-state index contributed by atoms with van der Waals surface area (Å²) < 4.78 is 4.79. The molecule has 2 heteroatoms. The number of benzene rings is 5. The first-order chi connectivity index (χ1) is 16.3. The summed E-state index contributed by atoms with van der Waals surface area (Å²) >= 11 is 0. The second kappa shape index (κ2) is 6.85. The smallest absolute Gasteiger partial charge is 0.0590 e. The molecule has 0 bridgehead atoms. The van der Waals surface area contributed by atoms with E-state index in [9.17, 15) is 0 Å². The van der Waals surface area contributed by atoms with Gasteiger partial charge in [0.2, 0.25) is 0 Å². The minimum Gasteiger partial charge on any atom is -0.343 e. The normalized spacial score (nSPS) is 11.8. The van der Waals surface area contributed by atoms with Crippen LogP contribution in [0.15, 0.2) is 115 Å². The zero-order valence-corrected chi connectivity index (χ0v) is 18.4. The Bertz CT molecular complexity index is 1800. The summed E-state index contributed by atoms with van der Waals surface area (Å²) in [6.07, 6.45) is 0. The maximum atomic E-state index is 2.40. The maximum Gasteiger partial charge on any atom is 0.0590 e. The molecule has 0 aliphatic rings. The van der Waals surface area contributed by atoms with Crippen LogP contribution in [0.4, 0.5) is 0 Å². The number of nitrogens with zero attached hydrogens (tertiary/aromatic N) is 2. The second-order valence-corrected chi connectivity index (χ2v) is 8.67. The predicted molar refractivity (Wildman–Crippen MR) is 140 cm³/mol.